The Morgan fingerprint density at radius 2 is 2.07 bits per heavy atom. The molecule has 1 aromatic rings. The van der Waals surface area contributed by atoms with Gasteiger partial charge in [0.1, 0.15) is 5.82 Å². The van der Waals surface area contributed by atoms with E-state index < -0.39 is 0 Å². The van der Waals surface area contributed by atoms with Gasteiger partial charge in [0.05, 0.1) is 0 Å². The molecule has 0 spiro atoms. The minimum absolute atomic E-state index is 0.702. The topological polar surface area (TPSA) is 41.1 Å². The van der Waals surface area contributed by atoms with Gasteiger partial charge in [-0.3, -0.25) is 0 Å². The highest BCUT2D eigenvalue weighted by atomic mass is 15.2. The summed E-state index contributed by atoms with van der Waals surface area (Å²) in [5, 5.41) is 2.96. The van der Waals surface area contributed by atoms with Crippen molar-refractivity contribution in [1.29, 1.82) is 0 Å². The summed E-state index contributed by atoms with van der Waals surface area (Å²) in [5.74, 6) is 1.75. The standard InChI is InChI=1S/C10H16N4/c1-11-10-12-6-5-9(13-10)14-7-3-2-4-8-14/h5-6H,2-4,7-8H2,1H3,(H,11,12,13). The molecule has 0 unspecified atom stereocenters. The highest BCUT2D eigenvalue weighted by Crippen LogP contribution is 2.17. The van der Waals surface area contributed by atoms with Crippen LogP contribution in [0.5, 0.6) is 0 Å². The maximum Gasteiger partial charge on any atom is 0.224 e. The summed E-state index contributed by atoms with van der Waals surface area (Å²) in [5.41, 5.74) is 0. The summed E-state index contributed by atoms with van der Waals surface area (Å²) >= 11 is 0. The molecule has 0 bridgehead atoms. The Labute approximate surface area is 84.4 Å². The second kappa shape index (κ2) is 4.26. The quantitative estimate of drug-likeness (QED) is 0.771. The van der Waals surface area contributed by atoms with E-state index in [4.69, 9.17) is 0 Å². The molecule has 0 amide bonds. The Balaban J connectivity index is 2.13. The zero-order chi connectivity index (χ0) is 9.80. The number of hydrogen-bond donors (Lipinski definition) is 1. The summed E-state index contributed by atoms with van der Waals surface area (Å²) in [4.78, 5) is 10.8. The molecule has 1 aliphatic rings. The fraction of sp³-hybridized carbons (Fsp3) is 0.600. The molecule has 1 aliphatic heterocycles. The van der Waals surface area contributed by atoms with Gasteiger partial charge in [-0.1, -0.05) is 0 Å². The Morgan fingerprint density at radius 1 is 1.29 bits per heavy atom. The van der Waals surface area contributed by atoms with Crippen LogP contribution in [-0.2, 0) is 0 Å². The van der Waals surface area contributed by atoms with Gasteiger partial charge in [0.15, 0.2) is 0 Å². The Morgan fingerprint density at radius 3 is 2.79 bits per heavy atom. The third-order valence-corrected chi connectivity index (χ3v) is 2.54. The van der Waals surface area contributed by atoms with Gasteiger partial charge in [0.2, 0.25) is 5.95 Å². The van der Waals surface area contributed by atoms with E-state index >= 15 is 0 Å². The summed E-state index contributed by atoms with van der Waals surface area (Å²) < 4.78 is 0. The fourth-order valence-corrected chi connectivity index (χ4v) is 1.77. The third-order valence-electron chi connectivity index (χ3n) is 2.54. The van der Waals surface area contributed by atoms with Crippen molar-refractivity contribution in [3.63, 3.8) is 0 Å². The molecular weight excluding hydrogens is 176 g/mol. The van der Waals surface area contributed by atoms with Gasteiger partial charge in [-0.25, -0.2) is 4.98 Å². The first-order valence-corrected chi connectivity index (χ1v) is 5.16. The van der Waals surface area contributed by atoms with Crippen molar-refractivity contribution in [1.82, 2.24) is 9.97 Å². The molecule has 1 fully saturated rings. The molecule has 2 rings (SSSR count). The van der Waals surface area contributed by atoms with Gasteiger partial charge < -0.3 is 10.2 Å². The number of hydrogen-bond acceptors (Lipinski definition) is 4. The number of aromatic nitrogens is 2. The largest absolute Gasteiger partial charge is 0.357 e. The van der Waals surface area contributed by atoms with Crippen LogP contribution in [0.2, 0.25) is 0 Å². The average Bonchev–Trinajstić information content (AvgIpc) is 2.30. The predicted octanol–water partition coefficient (Wildman–Crippen LogP) is 1.51. The molecule has 0 radical (unpaired) electrons. The minimum atomic E-state index is 0.702. The molecule has 4 heteroatoms. The van der Waals surface area contributed by atoms with Crippen LogP contribution in [0.1, 0.15) is 19.3 Å². The first-order chi connectivity index (χ1) is 6.90. The number of rotatable bonds is 2. The molecule has 4 nitrogen and oxygen atoms in total. The molecule has 76 valence electrons. The van der Waals surface area contributed by atoms with Crippen LogP contribution < -0.4 is 10.2 Å². The molecule has 1 N–H and O–H groups in total. The molecule has 1 saturated heterocycles. The first kappa shape index (κ1) is 9.24. The molecule has 0 saturated carbocycles. The van der Waals surface area contributed by atoms with E-state index in [0.717, 1.165) is 18.9 Å². The van der Waals surface area contributed by atoms with Crippen molar-refractivity contribution in [3.8, 4) is 0 Å². The van der Waals surface area contributed by atoms with Gasteiger partial charge in [-0.2, -0.15) is 4.98 Å². The summed E-state index contributed by atoms with van der Waals surface area (Å²) in [7, 11) is 1.84. The second-order valence-electron chi connectivity index (χ2n) is 3.54. The average molecular weight is 192 g/mol. The summed E-state index contributed by atoms with van der Waals surface area (Å²) in [6.07, 6.45) is 5.71. The molecular formula is C10H16N4. The van der Waals surface area contributed by atoms with Gasteiger partial charge in [0.25, 0.3) is 0 Å². The van der Waals surface area contributed by atoms with Crippen LogP contribution in [0.25, 0.3) is 0 Å². The lowest BCUT2D eigenvalue weighted by Crippen LogP contribution is -2.30. The van der Waals surface area contributed by atoms with Gasteiger partial charge in [-0.05, 0) is 25.3 Å². The number of piperidine rings is 1. The Bertz CT molecular complexity index is 294. The SMILES string of the molecule is CNc1nccc(N2CCCCC2)n1. The Kier molecular flexibility index (Phi) is 2.81. The van der Waals surface area contributed by atoms with E-state index in [2.05, 4.69) is 20.2 Å². The van der Waals surface area contributed by atoms with Gasteiger partial charge in [0, 0.05) is 26.3 Å². The zero-order valence-corrected chi connectivity index (χ0v) is 8.53. The zero-order valence-electron chi connectivity index (χ0n) is 8.53. The van der Waals surface area contributed by atoms with Crippen molar-refractivity contribution in [2.75, 3.05) is 30.4 Å². The Hall–Kier alpha value is -1.32. The van der Waals surface area contributed by atoms with Crippen LogP contribution >= 0.6 is 0 Å². The lowest BCUT2D eigenvalue weighted by molar-refractivity contribution is 0.573. The van der Waals surface area contributed by atoms with E-state index in [9.17, 15) is 0 Å². The van der Waals surface area contributed by atoms with E-state index in [-0.39, 0.29) is 0 Å². The van der Waals surface area contributed by atoms with E-state index in [1.54, 1.807) is 0 Å². The minimum Gasteiger partial charge on any atom is -0.357 e. The molecule has 0 aromatic carbocycles. The van der Waals surface area contributed by atoms with E-state index in [0.29, 0.717) is 5.95 Å². The first-order valence-electron chi connectivity index (χ1n) is 5.16. The number of anilines is 2. The smallest absolute Gasteiger partial charge is 0.224 e. The van der Waals surface area contributed by atoms with Crippen molar-refractivity contribution >= 4 is 11.8 Å². The van der Waals surface area contributed by atoms with E-state index in [1.807, 2.05) is 19.3 Å². The number of nitrogens with one attached hydrogen (secondary N) is 1. The summed E-state index contributed by atoms with van der Waals surface area (Å²) in [6.45, 7) is 2.25. The summed E-state index contributed by atoms with van der Waals surface area (Å²) in [6, 6.07) is 1.98. The maximum absolute atomic E-state index is 4.42. The molecule has 2 heterocycles. The molecule has 14 heavy (non-hydrogen) atoms. The number of nitrogens with zero attached hydrogens (tertiary/aromatic N) is 3. The monoisotopic (exact) mass is 192 g/mol. The second-order valence-corrected chi connectivity index (χ2v) is 3.54. The lowest BCUT2D eigenvalue weighted by atomic mass is 10.1. The lowest BCUT2D eigenvalue weighted by Gasteiger charge is -2.27. The molecule has 1 aromatic heterocycles. The maximum atomic E-state index is 4.42. The van der Waals surface area contributed by atoms with E-state index in [1.165, 1.54) is 19.3 Å². The molecule has 0 aliphatic carbocycles. The van der Waals surface area contributed by atoms with Crippen LogP contribution in [0, 0.1) is 0 Å². The third kappa shape index (κ3) is 1.95. The van der Waals surface area contributed by atoms with Crippen molar-refractivity contribution in [2.45, 2.75) is 19.3 Å². The fourth-order valence-electron chi connectivity index (χ4n) is 1.77. The van der Waals surface area contributed by atoms with Crippen molar-refractivity contribution in [3.05, 3.63) is 12.3 Å². The van der Waals surface area contributed by atoms with Crippen LogP contribution in [0.3, 0.4) is 0 Å². The van der Waals surface area contributed by atoms with Crippen LogP contribution in [0.15, 0.2) is 12.3 Å². The predicted molar refractivity (Wildman–Crippen MR) is 57.6 cm³/mol. The highest BCUT2D eigenvalue weighted by molar-refractivity contribution is 5.42. The van der Waals surface area contributed by atoms with Crippen LogP contribution in [0.4, 0.5) is 11.8 Å². The molecule has 0 atom stereocenters. The van der Waals surface area contributed by atoms with Crippen molar-refractivity contribution < 1.29 is 0 Å². The van der Waals surface area contributed by atoms with Crippen LogP contribution in [-0.4, -0.2) is 30.1 Å². The van der Waals surface area contributed by atoms with Gasteiger partial charge in [-0.15, -0.1) is 0 Å². The van der Waals surface area contributed by atoms with Gasteiger partial charge >= 0.3 is 0 Å². The van der Waals surface area contributed by atoms with Crippen molar-refractivity contribution in [2.24, 2.45) is 0 Å². The highest BCUT2D eigenvalue weighted by Gasteiger charge is 2.11. The normalized spacial score (nSPS) is 16.8.